The molecular formula is C36H48N2O5. The number of esters is 2. The molecule has 232 valence electrons. The van der Waals surface area contributed by atoms with Gasteiger partial charge in [-0.3, -0.25) is 14.5 Å². The molecule has 4 rings (SSSR count). The second-order valence-electron chi connectivity index (χ2n) is 12.5. The van der Waals surface area contributed by atoms with Crippen LogP contribution < -0.4 is 5.32 Å². The third-order valence-electron chi connectivity index (χ3n) is 8.70. The first-order valence-corrected chi connectivity index (χ1v) is 15.9. The molecule has 0 bridgehead atoms. The molecule has 0 radical (unpaired) electrons. The fourth-order valence-corrected chi connectivity index (χ4v) is 6.10. The molecule has 0 saturated carbocycles. The van der Waals surface area contributed by atoms with E-state index in [1.807, 2.05) is 13.8 Å². The van der Waals surface area contributed by atoms with Gasteiger partial charge in [0.15, 0.2) is 0 Å². The van der Waals surface area contributed by atoms with Crippen LogP contribution in [0.25, 0.3) is 5.76 Å². The van der Waals surface area contributed by atoms with E-state index in [1.165, 1.54) is 27.8 Å². The van der Waals surface area contributed by atoms with Gasteiger partial charge in [0.2, 0.25) is 5.91 Å². The highest BCUT2D eigenvalue weighted by molar-refractivity contribution is 5.85. The monoisotopic (exact) mass is 588 g/mol. The van der Waals surface area contributed by atoms with Crippen LogP contribution in [0.2, 0.25) is 0 Å². The zero-order valence-corrected chi connectivity index (χ0v) is 26.5. The van der Waals surface area contributed by atoms with Crippen LogP contribution in [0.1, 0.15) is 87.1 Å². The van der Waals surface area contributed by atoms with E-state index in [0.717, 1.165) is 56.6 Å². The van der Waals surface area contributed by atoms with Crippen molar-refractivity contribution in [1.82, 2.24) is 10.2 Å². The maximum absolute atomic E-state index is 13.1. The Kier molecular flexibility index (Phi) is 11.6. The van der Waals surface area contributed by atoms with Crippen molar-refractivity contribution in [1.29, 1.82) is 0 Å². The van der Waals surface area contributed by atoms with Gasteiger partial charge in [-0.25, -0.2) is 4.79 Å². The summed E-state index contributed by atoms with van der Waals surface area (Å²) >= 11 is 0. The summed E-state index contributed by atoms with van der Waals surface area (Å²) in [4.78, 5) is 40.3. The minimum Gasteiger partial charge on any atom is -0.464 e. The van der Waals surface area contributed by atoms with Crippen LogP contribution in [0, 0.1) is 25.7 Å². The Bertz CT molecular complexity index is 1310. The first-order valence-electron chi connectivity index (χ1n) is 15.9. The summed E-state index contributed by atoms with van der Waals surface area (Å²) in [6.07, 6.45) is 4.63. The zero-order valence-electron chi connectivity index (χ0n) is 26.5. The predicted octanol–water partition coefficient (Wildman–Crippen LogP) is 6.29. The molecule has 0 unspecified atom stereocenters. The van der Waals surface area contributed by atoms with Gasteiger partial charge in [-0.15, -0.1) is 0 Å². The van der Waals surface area contributed by atoms with E-state index < -0.39 is 12.0 Å². The molecule has 1 aliphatic heterocycles. The Morgan fingerprint density at radius 3 is 2.37 bits per heavy atom. The van der Waals surface area contributed by atoms with Crippen LogP contribution in [0.3, 0.4) is 0 Å². The van der Waals surface area contributed by atoms with Gasteiger partial charge in [0.1, 0.15) is 11.8 Å². The van der Waals surface area contributed by atoms with Crippen LogP contribution in [0.15, 0.2) is 48.0 Å². The fourth-order valence-electron chi connectivity index (χ4n) is 6.10. The van der Waals surface area contributed by atoms with Gasteiger partial charge < -0.3 is 14.8 Å². The van der Waals surface area contributed by atoms with Gasteiger partial charge in [0.05, 0.1) is 6.61 Å². The van der Waals surface area contributed by atoms with Crippen LogP contribution in [-0.2, 0) is 36.8 Å². The topological polar surface area (TPSA) is 84.9 Å². The number of piperidine rings is 1. The number of amides is 1. The molecule has 7 heteroatoms. The summed E-state index contributed by atoms with van der Waals surface area (Å²) in [7, 11) is 0. The van der Waals surface area contributed by atoms with Gasteiger partial charge in [-0.05, 0) is 112 Å². The van der Waals surface area contributed by atoms with Crippen LogP contribution in [-0.4, -0.2) is 48.5 Å². The number of ether oxygens (including phenoxy) is 2. The van der Waals surface area contributed by atoms with Crippen molar-refractivity contribution in [3.05, 3.63) is 75.9 Å². The quantitative estimate of drug-likeness (QED) is 0.277. The van der Waals surface area contributed by atoms with Gasteiger partial charge in [-0.1, -0.05) is 50.2 Å². The molecule has 7 nitrogen and oxygen atoms in total. The first kappa shape index (κ1) is 32.5. The number of benzene rings is 2. The molecule has 0 aromatic heterocycles. The Hall–Kier alpha value is -3.45. The van der Waals surface area contributed by atoms with E-state index in [0.29, 0.717) is 12.3 Å². The summed E-state index contributed by atoms with van der Waals surface area (Å²) in [5.41, 5.74) is 7.24. The Morgan fingerprint density at radius 1 is 1.00 bits per heavy atom. The molecule has 1 aliphatic carbocycles. The molecule has 1 saturated heterocycles. The number of fused-ring (bicyclic) bond motifs is 1. The van der Waals surface area contributed by atoms with E-state index in [4.69, 9.17) is 9.47 Å². The standard InChI is InChI=1S/C36H48N2O5/c1-6-42-36(41)34(24(2)3)37-32(39)13-10-14-33(40)43-35-30(22-29-19-25(4)26(5)20-31(29)35)21-27-15-17-38(18-16-27)23-28-11-8-7-9-12-28/h7-9,11-12,19-20,24,27,34H,6,10,13-18,21-23H2,1-5H3,(H,37,39)/t34-/m0/s1. The number of nitrogens with zero attached hydrogens (tertiary/aromatic N) is 1. The number of hydrogen-bond acceptors (Lipinski definition) is 6. The van der Waals surface area contributed by atoms with Gasteiger partial charge >= 0.3 is 11.9 Å². The summed E-state index contributed by atoms with van der Waals surface area (Å²) in [5, 5.41) is 2.76. The first-order chi connectivity index (χ1) is 20.6. The van der Waals surface area contributed by atoms with Crippen molar-refractivity contribution in [3.8, 4) is 0 Å². The second-order valence-corrected chi connectivity index (χ2v) is 12.5. The smallest absolute Gasteiger partial charge is 0.328 e. The minimum absolute atomic E-state index is 0.0936. The lowest BCUT2D eigenvalue weighted by Gasteiger charge is -2.32. The molecule has 1 amide bonds. The Labute approximate surface area is 257 Å². The largest absolute Gasteiger partial charge is 0.464 e. The van der Waals surface area contributed by atoms with Crippen LogP contribution >= 0.6 is 0 Å². The SMILES string of the molecule is CCOC(=O)[C@@H](NC(=O)CCCC(=O)OC1=C(CC2CCN(Cc3ccccc3)CC2)Cc2cc(C)c(C)cc21)C(C)C. The summed E-state index contributed by atoms with van der Waals surface area (Å²) < 4.78 is 11.2. The van der Waals surface area contributed by atoms with Crippen molar-refractivity contribution in [2.45, 2.75) is 92.2 Å². The Morgan fingerprint density at radius 2 is 1.70 bits per heavy atom. The number of hydrogen-bond donors (Lipinski definition) is 1. The fraction of sp³-hybridized carbons (Fsp3) is 0.528. The average Bonchev–Trinajstić information content (AvgIpc) is 3.28. The van der Waals surface area contributed by atoms with Crippen molar-refractivity contribution in [3.63, 3.8) is 0 Å². The predicted molar refractivity (Wildman–Crippen MR) is 169 cm³/mol. The number of carbonyl (C=O) groups excluding carboxylic acids is 3. The van der Waals surface area contributed by atoms with E-state index in [9.17, 15) is 14.4 Å². The number of nitrogens with one attached hydrogen (secondary N) is 1. The highest BCUT2D eigenvalue weighted by atomic mass is 16.5. The molecule has 2 aromatic rings. The normalized spacial score (nSPS) is 16.2. The van der Waals surface area contributed by atoms with Gasteiger partial charge in [0.25, 0.3) is 0 Å². The second kappa shape index (κ2) is 15.3. The Balaban J connectivity index is 1.34. The third-order valence-corrected chi connectivity index (χ3v) is 8.70. The summed E-state index contributed by atoms with van der Waals surface area (Å²) in [5.74, 6) is 0.164. The maximum Gasteiger partial charge on any atom is 0.328 e. The average molecular weight is 589 g/mol. The lowest BCUT2D eigenvalue weighted by molar-refractivity contribution is -0.148. The number of allylic oxidation sites excluding steroid dienone is 1. The van der Waals surface area contributed by atoms with Crippen molar-refractivity contribution in [2.75, 3.05) is 19.7 Å². The third kappa shape index (κ3) is 9.02. The lowest BCUT2D eigenvalue weighted by atomic mass is 9.89. The summed E-state index contributed by atoms with van der Waals surface area (Å²) in [6.45, 7) is 13.1. The number of likely N-dealkylation sites (tertiary alicyclic amines) is 1. The molecule has 2 aromatic carbocycles. The lowest BCUT2D eigenvalue weighted by Crippen LogP contribution is -2.45. The highest BCUT2D eigenvalue weighted by Crippen LogP contribution is 2.40. The minimum atomic E-state index is -0.695. The molecule has 1 heterocycles. The number of rotatable bonds is 13. The zero-order chi connectivity index (χ0) is 30.9. The van der Waals surface area contributed by atoms with E-state index >= 15 is 0 Å². The van der Waals surface area contributed by atoms with Crippen LogP contribution in [0.4, 0.5) is 0 Å². The maximum atomic E-state index is 13.1. The van der Waals surface area contributed by atoms with Crippen molar-refractivity contribution >= 4 is 23.6 Å². The van der Waals surface area contributed by atoms with Crippen molar-refractivity contribution in [2.24, 2.45) is 11.8 Å². The molecule has 2 aliphatic rings. The van der Waals surface area contributed by atoms with E-state index in [2.05, 4.69) is 66.5 Å². The summed E-state index contributed by atoms with van der Waals surface area (Å²) in [6, 6.07) is 14.3. The molecule has 43 heavy (non-hydrogen) atoms. The van der Waals surface area contributed by atoms with Crippen molar-refractivity contribution < 1.29 is 23.9 Å². The van der Waals surface area contributed by atoms with E-state index in [-0.39, 0.29) is 37.2 Å². The van der Waals surface area contributed by atoms with Gasteiger partial charge in [0, 0.05) is 24.9 Å². The van der Waals surface area contributed by atoms with Crippen LogP contribution in [0.5, 0.6) is 0 Å². The molecular weight excluding hydrogens is 540 g/mol. The van der Waals surface area contributed by atoms with E-state index in [1.54, 1.807) is 6.92 Å². The van der Waals surface area contributed by atoms with Gasteiger partial charge in [-0.2, -0.15) is 0 Å². The number of carbonyl (C=O) groups is 3. The molecule has 1 fully saturated rings. The highest BCUT2D eigenvalue weighted by Gasteiger charge is 2.30. The number of aryl methyl sites for hydroxylation is 2. The molecule has 0 spiro atoms. The molecule has 1 N–H and O–H groups in total. The molecule has 1 atom stereocenters.